The highest BCUT2D eigenvalue weighted by atomic mass is 32.2. The Morgan fingerprint density at radius 2 is 2.24 bits per heavy atom. The van der Waals surface area contributed by atoms with Crippen molar-refractivity contribution < 1.29 is 19.1 Å². The third-order valence-corrected chi connectivity index (χ3v) is 4.83. The molecule has 0 aliphatic carbocycles. The maximum absolute atomic E-state index is 13.6. The molecule has 1 amide bonds. The van der Waals surface area contributed by atoms with Gasteiger partial charge in [0.1, 0.15) is 17.1 Å². The number of thioether (sulfide) groups is 1. The van der Waals surface area contributed by atoms with Crippen LogP contribution >= 0.6 is 11.8 Å². The first-order valence-corrected chi connectivity index (χ1v) is 7.58. The van der Waals surface area contributed by atoms with Crippen molar-refractivity contribution in [2.75, 3.05) is 11.5 Å². The number of carboxylic acids is 1. The van der Waals surface area contributed by atoms with Gasteiger partial charge in [-0.1, -0.05) is 6.07 Å². The lowest BCUT2D eigenvalue weighted by atomic mass is 9.99. The molecular weight excluding hydrogens is 295 g/mol. The molecule has 1 unspecified atom stereocenters. The van der Waals surface area contributed by atoms with Gasteiger partial charge < -0.3 is 15.4 Å². The fourth-order valence-electron chi connectivity index (χ4n) is 2.41. The maximum atomic E-state index is 13.6. The zero-order chi connectivity index (χ0) is 15.0. The van der Waals surface area contributed by atoms with Gasteiger partial charge in [-0.2, -0.15) is 11.8 Å². The maximum Gasteiger partial charge on any atom is 0.330 e. The highest BCUT2D eigenvalue weighted by Gasteiger charge is 2.43. The number of carbonyl (C=O) groups excluding carboxylic acids is 1. The lowest BCUT2D eigenvalue weighted by Crippen LogP contribution is -2.54. The van der Waals surface area contributed by atoms with Crippen LogP contribution in [0.25, 0.3) is 10.9 Å². The summed E-state index contributed by atoms with van der Waals surface area (Å²) >= 11 is 1.49. The van der Waals surface area contributed by atoms with E-state index >= 15 is 0 Å². The van der Waals surface area contributed by atoms with Gasteiger partial charge in [0.15, 0.2) is 0 Å². The number of aromatic amines is 1. The summed E-state index contributed by atoms with van der Waals surface area (Å²) in [6.07, 6.45) is 0.382. The number of carboxylic acid groups (broad SMARTS) is 1. The van der Waals surface area contributed by atoms with Crippen molar-refractivity contribution in [2.24, 2.45) is 0 Å². The number of benzene rings is 1. The predicted molar refractivity (Wildman–Crippen MR) is 78.0 cm³/mol. The summed E-state index contributed by atoms with van der Waals surface area (Å²) in [6.45, 7) is 0. The molecule has 1 saturated heterocycles. The molecule has 0 spiro atoms. The number of hydrogen-bond acceptors (Lipinski definition) is 3. The molecule has 3 N–H and O–H groups in total. The standard InChI is InChI=1S/C14H13FN2O3S/c15-9-2-1-3-10-8(9)6-11(16-10)12(18)17-14(13(19)20)4-5-21-7-14/h1-3,6,16H,4-5,7H2,(H,17,18)(H,19,20). The van der Waals surface area contributed by atoms with Gasteiger partial charge in [0, 0.05) is 16.7 Å². The van der Waals surface area contributed by atoms with Crippen molar-refractivity contribution in [3.8, 4) is 0 Å². The molecule has 2 aromatic rings. The molecule has 1 atom stereocenters. The number of hydrogen-bond donors (Lipinski definition) is 3. The molecule has 5 nitrogen and oxygen atoms in total. The quantitative estimate of drug-likeness (QED) is 0.810. The molecule has 3 rings (SSSR count). The van der Waals surface area contributed by atoms with E-state index in [0.717, 1.165) is 0 Å². The molecule has 0 bridgehead atoms. The Kier molecular flexibility index (Phi) is 3.36. The van der Waals surface area contributed by atoms with Crippen molar-refractivity contribution >= 4 is 34.5 Å². The number of carbonyl (C=O) groups is 2. The van der Waals surface area contributed by atoms with Crippen molar-refractivity contribution in [3.05, 3.63) is 35.8 Å². The lowest BCUT2D eigenvalue weighted by Gasteiger charge is -2.24. The molecule has 1 fully saturated rings. The van der Waals surface area contributed by atoms with Crippen molar-refractivity contribution in [1.82, 2.24) is 10.3 Å². The molecule has 21 heavy (non-hydrogen) atoms. The first-order valence-electron chi connectivity index (χ1n) is 6.43. The van der Waals surface area contributed by atoms with Gasteiger partial charge in [-0.25, -0.2) is 9.18 Å². The molecule has 7 heteroatoms. The van der Waals surface area contributed by atoms with Gasteiger partial charge in [0.2, 0.25) is 0 Å². The Hall–Kier alpha value is -2.02. The second-order valence-corrected chi connectivity index (χ2v) is 6.13. The average molecular weight is 308 g/mol. The van der Waals surface area contributed by atoms with Crippen molar-refractivity contribution in [1.29, 1.82) is 0 Å². The number of rotatable bonds is 3. The minimum Gasteiger partial charge on any atom is -0.479 e. The van der Waals surface area contributed by atoms with E-state index in [4.69, 9.17) is 0 Å². The van der Waals surface area contributed by atoms with Crippen LogP contribution in [0.2, 0.25) is 0 Å². The Labute approximate surface area is 123 Å². The van der Waals surface area contributed by atoms with Crippen LogP contribution in [-0.4, -0.2) is 39.0 Å². The van der Waals surface area contributed by atoms with Crippen LogP contribution in [0.4, 0.5) is 4.39 Å². The largest absolute Gasteiger partial charge is 0.479 e. The van der Waals surface area contributed by atoms with Gasteiger partial charge >= 0.3 is 5.97 Å². The third kappa shape index (κ3) is 2.37. The zero-order valence-electron chi connectivity index (χ0n) is 11.0. The number of halogens is 1. The first kappa shape index (κ1) is 13.9. The molecule has 0 saturated carbocycles. The van der Waals surface area contributed by atoms with E-state index in [1.165, 1.54) is 23.9 Å². The number of nitrogens with one attached hydrogen (secondary N) is 2. The van der Waals surface area contributed by atoms with E-state index in [2.05, 4.69) is 10.3 Å². The van der Waals surface area contributed by atoms with Crippen molar-refractivity contribution in [3.63, 3.8) is 0 Å². The fraction of sp³-hybridized carbons (Fsp3) is 0.286. The van der Waals surface area contributed by atoms with E-state index in [1.807, 2.05) is 0 Å². The normalized spacial score (nSPS) is 21.6. The molecule has 1 aliphatic rings. The predicted octanol–water partition coefficient (Wildman–Crippen LogP) is 2.00. The molecule has 1 aromatic heterocycles. The second kappa shape index (κ2) is 5.07. The van der Waals surface area contributed by atoms with E-state index in [0.29, 0.717) is 28.8 Å². The number of aliphatic carboxylic acids is 1. The number of fused-ring (bicyclic) bond motifs is 1. The summed E-state index contributed by atoms with van der Waals surface area (Å²) in [5, 5.41) is 12.2. The molecule has 2 heterocycles. The highest BCUT2D eigenvalue weighted by molar-refractivity contribution is 7.99. The van der Waals surface area contributed by atoms with E-state index in [-0.39, 0.29) is 5.69 Å². The smallest absolute Gasteiger partial charge is 0.330 e. The van der Waals surface area contributed by atoms with Crippen LogP contribution in [-0.2, 0) is 4.79 Å². The van der Waals surface area contributed by atoms with Gasteiger partial charge in [-0.05, 0) is 30.4 Å². The van der Waals surface area contributed by atoms with Crippen LogP contribution in [0.3, 0.4) is 0 Å². The van der Waals surface area contributed by atoms with Crippen LogP contribution in [0.5, 0.6) is 0 Å². The highest BCUT2D eigenvalue weighted by Crippen LogP contribution is 2.29. The SMILES string of the molecule is O=C(NC1(C(=O)O)CCSC1)c1cc2c(F)cccc2[nH]1. The zero-order valence-corrected chi connectivity index (χ0v) is 11.8. The van der Waals surface area contributed by atoms with Crippen LogP contribution < -0.4 is 5.32 Å². The minimum atomic E-state index is -1.24. The minimum absolute atomic E-state index is 0.160. The van der Waals surface area contributed by atoms with Crippen molar-refractivity contribution in [2.45, 2.75) is 12.0 Å². The fourth-order valence-corrected chi connectivity index (χ4v) is 3.74. The van der Waals surface area contributed by atoms with Crippen LogP contribution in [0.1, 0.15) is 16.9 Å². The summed E-state index contributed by atoms with van der Waals surface area (Å²) in [5.74, 6) is -0.970. The summed E-state index contributed by atoms with van der Waals surface area (Å²) < 4.78 is 13.6. The summed E-state index contributed by atoms with van der Waals surface area (Å²) in [4.78, 5) is 26.5. The molecule has 1 aromatic carbocycles. The molecular formula is C14H13FN2O3S. The van der Waals surface area contributed by atoms with Gasteiger partial charge in [-0.3, -0.25) is 4.79 Å². The van der Waals surface area contributed by atoms with E-state index < -0.39 is 23.2 Å². The summed E-state index contributed by atoms with van der Waals surface area (Å²) in [5.41, 5.74) is -0.574. The van der Waals surface area contributed by atoms with E-state index in [9.17, 15) is 19.1 Å². The van der Waals surface area contributed by atoms with Gasteiger partial charge in [-0.15, -0.1) is 0 Å². The topological polar surface area (TPSA) is 82.2 Å². The Morgan fingerprint density at radius 1 is 1.43 bits per heavy atom. The van der Waals surface area contributed by atoms with Gasteiger partial charge in [0.05, 0.1) is 0 Å². The number of H-pyrrole nitrogens is 1. The van der Waals surface area contributed by atoms with Crippen LogP contribution in [0, 0.1) is 5.82 Å². The molecule has 1 aliphatic heterocycles. The Morgan fingerprint density at radius 3 is 2.86 bits per heavy atom. The Bertz CT molecular complexity index is 722. The number of aromatic nitrogens is 1. The first-order chi connectivity index (χ1) is 10.0. The van der Waals surface area contributed by atoms with Crippen LogP contribution in [0.15, 0.2) is 24.3 Å². The summed E-state index contributed by atoms with van der Waals surface area (Å²) in [6, 6.07) is 5.91. The average Bonchev–Trinajstić information content (AvgIpc) is 3.06. The monoisotopic (exact) mass is 308 g/mol. The lowest BCUT2D eigenvalue weighted by molar-refractivity contribution is -0.143. The summed E-state index contributed by atoms with van der Waals surface area (Å²) in [7, 11) is 0. The molecule has 0 radical (unpaired) electrons. The van der Waals surface area contributed by atoms with Gasteiger partial charge in [0.25, 0.3) is 5.91 Å². The van der Waals surface area contributed by atoms with E-state index in [1.54, 1.807) is 12.1 Å². The second-order valence-electron chi connectivity index (χ2n) is 5.03. The number of amides is 1. The third-order valence-electron chi connectivity index (χ3n) is 3.64. The molecule has 110 valence electrons. The Balaban J connectivity index is 1.90.